The first kappa shape index (κ1) is 22.0. The minimum atomic E-state index is -3.67. The van der Waals surface area contributed by atoms with E-state index in [0.29, 0.717) is 5.02 Å². The van der Waals surface area contributed by atoms with Crippen LogP contribution in [-0.2, 0) is 0 Å². The second-order valence-electron chi connectivity index (χ2n) is 5.08. The van der Waals surface area contributed by atoms with E-state index in [0.717, 1.165) is 33.2 Å². The fraction of sp³-hybridized carbons (Fsp3) is 0.0556. The summed E-state index contributed by atoms with van der Waals surface area (Å²) in [6, 6.07) is 19.4. The number of benzene rings is 2. The number of hydrogen-bond acceptors (Lipinski definition) is 0. The van der Waals surface area contributed by atoms with Crippen molar-refractivity contribution in [2.45, 2.75) is 6.92 Å². The molecule has 0 aliphatic heterocycles. The molecular formula is C18H13BCl2F4O. The second kappa shape index (κ2) is 10.2. The SMILES string of the molecule is Cc1cc(-c2ccc(Cl)cc2)cc(-c2ccc(Cl)cc2)[o+]1.FB(F)F.[F-]. The molecule has 0 atom stereocenters. The van der Waals surface area contributed by atoms with Crippen LogP contribution in [0.15, 0.2) is 65.1 Å². The minimum Gasteiger partial charge on any atom is -1.00 e. The fourth-order valence-corrected chi connectivity index (χ4v) is 2.45. The number of halogens is 6. The molecule has 26 heavy (non-hydrogen) atoms. The number of hydrogen-bond donors (Lipinski definition) is 0. The van der Waals surface area contributed by atoms with Crippen molar-refractivity contribution in [3.63, 3.8) is 0 Å². The summed E-state index contributed by atoms with van der Waals surface area (Å²) >= 11 is 11.9. The van der Waals surface area contributed by atoms with Crippen LogP contribution in [0.1, 0.15) is 5.76 Å². The quantitative estimate of drug-likeness (QED) is 0.351. The van der Waals surface area contributed by atoms with E-state index in [1.165, 1.54) is 0 Å². The fourth-order valence-electron chi connectivity index (χ4n) is 2.20. The molecule has 1 nitrogen and oxygen atoms in total. The number of rotatable bonds is 2. The highest BCUT2D eigenvalue weighted by atomic mass is 35.5. The van der Waals surface area contributed by atoms with Gasteiger partial charge in [0.2, 0.25) is 0 Å². The van der Waals surface area contributed by atoms with Gasteiger partial charge in [-0.25, -0.2) is 4.42 Å². The molecule has 0 N–H and O–H groups in total. The summed E-state index contributed by atoms with van der Waals surface area (Å²) in [5.74, 6) is 1.67. The van der Waals surface area contributed by atoms with Gasteiger partial charge < -0.3 is 4.70 Å². The molecule has 0 bridgehead atoms. The van der Waals surface area contributed by atoms with Gasteiger partial charge in [-0.05, 0) is 42.0 Å². The lowest BCUT2D eigenvalue weighted by atomic mass is 10.0. The summed E-state index contributed by atoms with van der Waals surface area (Å²) in [4.78, 5) is 0. The van der Waals surface area contributed by atoms with E-state index in [2.05, 4.69) is 0 Å². The monoisotopic (exact) mass is 402 g/mol. The first-order valence-electron chi connectivity index (χ1n) is 7.24. The molecule has 0 aliphatic rings. The van der Waals surface area contributed by atoms with Gasteiger partial charge in [0.05, 0.1) is 18.6 Å². The van der Waals surface area contributed by atoms with E-state index in [4.69, 9.17) is 27.6 Å². The summed E-state index contributed by atoms with van der Waals surface area (Å²) in [6.07, 6.45) is 0. The normalized spacial score (nSPS) is 9.62. The zero-order valence-corrected chi connectivity index (χ0v) is 15.0. The van der Waals surface area contributed by atoms with Crippen LogP contribution >= 0.6 is 23.2 Å². The summed E-state index contributed by atoms with van der Waals surface area (Å²) < 4.78 is 34.8. The van der Waals surface area contributed by atoms with Crippen molar-refractivity contribution >= 4 is 30.7 Å². The maximum atomic E-state index is 9.67. The molecule has 1 heterocycles. The first-order chi connectivity index (χ1) is 11.8. The Hall–Kier alpha value is -2.05. The highest BCUT2D eigenvalue weighted by molar-refractivity contribution is 6.33. The van der Waals surface area contributed by atoms with Gasteiger partial charge in [-0.2, -0.15) is 0 Å². The first-order valence-corrected chi connectivity index (χ1v) is 7.99. The van der Waals surface area contributed by atoms with Gasteiger partial charge in [-0.1, -0.05) is 35.3 Å². The smallest absolute Gasteiger partial charge is 0.762 e. The van der Waals surface area contributed by atoms with E-state index < -0.39 is 7.54 Å². The van der Waals surface area contributed by atoms with Gasteiger partial charge in [0.1, 0.15) is 0 Å². The Labute approximate surface area is 159 Å². The summed E-state index contributed by atoms with van der Waals surface area (Å²) in [6.45, 7) is 1.94. The predicted octanol–water partition coefficient (Wildman–Crippen LogP) is 4.39. The average molecular weight is 403 g/mol. The Balaban J connectivity index is 0.000000616. The number of aryl methyl sites for hydroxylation is 1. The molecule has 0 spiro atoms. The van der Waals surface area contributed by atoms with Crippen LogP contribution in [0.4, 0.5) is 12.9 Å². The maximum Gasteiger partial charge on any atom is 0.762 e. The van der Waals surface area contributed by atoms with Crippen molar-refractivity contribution < 1.29 is 22.1 Å². The van der Waals surface area contributed by atoms with Crippen molar-refractivity contribution in [1.82, 2.24) is 0 Å². The standard InChI is InChI=1S/C18H13Cl2O.BF3.FH/c1-12-10-15(13-2-6-16(19)7-3-13)11-18(21-12)14-4-8-17(20)9-5-14;2-1(3)4;/h2-11H,1H3;;1H/q+1;;/p-1. The van der Waals surface area contributed by atoms with Gasteiger partial charge in [-0.15, -0.1) is 0 Å². The molecule has 136 valence electrons. The van der Waals surface area contributed by atoms with Gasteiger partial charge in [0.15, 0.2) is 0 Å². The van der Waals surface area contributed by atoms with Crippen LogP contribution in [0.3, 0.4) is 0 Å². The minimum absolute atomic E-state index is 0. The topological polar surface area (TPSA) is 11.3 Å². The Morgan fingerprint density at radius 1 is 0.731 bits per heavy atom. The van der Waals surface area contributed by atoms with Crippen LogP contribution in [0.2, 0.25) is 10.0 Å². The van der Waals surface area contributed by atoms with Crippen LogP contribution in [0.5, 0.6) is 0 Å². The Kier molecular flexibility index (Phi) is 8.62. The predicted molar refractivity (Wildman–Crippen MR) is 97.8 cm³/mol. The van der Waals surface area contributed by atoms with Crippen molar-refractivity contribution in [2.24, 2.45) is 0 Å². The average Bonchev–Trinajstić information content (AvgIpc) is 2.55. The lowest BCUT2D eigenvalue weighted by Gasteiger charge is -2.01. The maximum absolute atomic E-state index is 9.67. The molecule has 0 amide bonds. The van der Waals surface area contributed by atoms with Gasteiger partial charge in [-0.3, -0.25) is 12.9 Å². The molecule has 0 radical (unpaired) electrons. The van der Waals surface area contributed by atoms with Gasteiger partial charge >= 0.3 is 19.1 Å². The van der Waals surface area contributed by atoms with E-state index in [1.807, 2.05) is 67.6 Å². The molecule has 0 aliphatic carbocycles. The summed E-state index contributed by atoms with van der Waals surface area (Å²) in [5.41, 5.74) is 3.20. The highest BCUT2D eigenvalue weighted by Crippen LogP contribution is 2.29. The van der Waals surface area contributed by atoms with Crippen LogP contribution < -0.4 is 4.70 Å². The van der Waals surface area contributed by atoms with Crippen molar-refractivity contribution in [1.29, 1.82) is 0 Å². The molecule has 3 aromatic rings. The third-order valence-corrected chi connectivity index (χ3v) is 3.73. The van der Waals surface area contributed by atoms with Crippen LogP contribution in [0, 0.1) is 6.92 Å². The molecule has 8 heteroatoms. The highest BCUT2D eigenvalue weighted by Gasteiger charge is 2.16. The third-order valence-electron chi connectivity index (χ3n) is 3.22. The largest absolute Gasteiger partial charge is 1.00 e. The molecule has 0 fully saturated rings. The molecule has 0 saturated carbocycles. The van der Waals surface area contributed by atoms with Crippen molar-refractivity contribution in [3.8, 4) is 22.5 Å². The Bertz CT molecular complexity index is 761. The summed E-state index contributed by atoms with van der Waals surface area (Å²) in [7, 11) is -3.67. The molecule has 0 unspecified atom stereocenters. The molecule has 1 aromatic heterocycles. The van der Waals surface area contributed by atoms with E-state index in [9.17, 15) is 12.9 Å². The van der Waals surface area contributed by atoms with Gasteiger partial charge in [0, 0.05) is 21.7 Å². The van der Waals surface area contributed by atoms with Gasteiger partial charge in [0.25, 0.3) is 0 Å². The lowest BCUT2D eigenvalue weighted by Crippen LogP contribution is -3.00. The third kappa shape index (κ3) is 6.69. The van der Waals surface area contributed by atoms with Crippen LogP contribution in [-0.4, -0.2) is 7.54 Å². The molecule has 3 rings (SSSR count). The lowest BCUT2D eigenvalue weighted by molar-refractivity contribution is -0.00000825. The van der Waals surface area contributed by atoms with E-state index in [-0.39, 0.29) is 4.70 Å². The molecule has 0 saturated heterocycles. The second-order valence-corrected chi connectivity index (χ2v) is 5.96. The Morgan fingerprint density at radius 2 is 1.15 bits per heavy atom. The molecule has 2 aromatic carbocycles. The van der Waals surface area contributed by atoms with Crippen LogP contribution in [0.25, 0.3) is 22.5 Å². The van der Waals surface area contributed by atoms with Crippen molar-refractivity contribution in [3.05, 3.63) is 76.5 Å². The molecular weight excluding hydrogens is 390 g/mol. The Morgan fingerprint density at radius 3 is 1.62 bits per heavy atom. The summed E-state index contributed by atoms with van der Waals surface area (Å²) in [5, 5.41) is 1.44. The van der Waals surface area contributed by atoms with Crippen molar-refractivity contribution in [2.75, 3.05) is 0 Å². The zero-order chi connectivity index (χ0) is 18.4. The van der Waals surface area contributed by atoms with E-state index >= 15 is 0 Å². The van der Waals surface area contributed by atoms with E-state index in [1.54, 1.807) is 0 Å². The zero-order valence-electron chi connectivity index (χ0n) is 13.5.